The number of pyridine rings is 1. The molecular formula is C24H22ClN3O5S. The molecule has 1 aliphatic rings. The van der Waals surface area contributed by atoms with Crippen molar-refractivity contribution in [2.45, 2.75) is 24.9 Å². The number of furan rings is 1. The molecule has 34 heavy (non-hydrogen) atoms. The first-order valence-corrected chi connectivity index (χ1v) is 11.4. The Balaban J connectivity index is 1.69. The van der Waals surface area contributed by atoms with Gasteiger partial charge in [0.15, 0.2) is 5.11 Å². The molecule has 0 radical (unpaired) electrons. The summed E-state index contributed by atoms with van der Waals surface area (Å²) in [4.78, 5) is 29.5. The Hall–Kier alpha value is -3.43. The minimum atomic E-state index is -1.05. The van der Waals surface area contributed by atoms with Gasteiger partial charge in [-0.15, -0.1) is 0 Å². The molecule has 10 heteroatoms. The molecule has 0 bridgehead atoms. The number of carboxylic acids is 1. The van der Waals surface area contributed by atoms with Gasteiger partial charge in [0.1, 0.15) is 17.6 Å². The molecule has 0 spiro atoms. The Labute approximate surface area is 206 Å². The Morgan fingerprint density at radius 1 is 1.26 bits per heavy atom. The van der Waals surface area contributed by atoms with Crippen molar-refractivity contribution in [1.82, 2.24) is 15.2 Å². The van der Waals surface area contributed by atoms with E-state index in [0.29, 0.717) is 40.2 Å². The van der Waals surface area contributed by atoms with Crippen molar-refractivity contribution in [3.63, 3.8) is 0 Å². The number of nitrogens with zero attached hydrogens (tertiary/aromatic N) is 2. The van der Waals surface area contributed by atoms with Crippen molar-refractivity contribution < 1.29 is 23.8 Å². The maximum Gasteiger partial charge on any atom is 0.335 e. The fourth-order valence-corrected chi connectivity index (χ4v) is 4.50. The molecule has 4 rings (SSSR count). The molecule has 8 nitrogen and oxygen atoms in total. The van der Waals surface area contributed by atoms with Gasteiger partial charge in [0.2, 0.25) is 0 Å². The van der Waals surface area contributed by atoms with Gasteiger partial charge in [-0.2, -0.15) is 0 Å². The second-order valence-corrected chi connectivity index (χ2v) is 8.50. The molecule has 176 valence electrons. The molecule has 3 heterocycles. The van der Waals surface area contributed by atoms with Crippen molar-refractivity contribution in [3.05, 3.63) is 76.8 Å². The van der Waals surface area contributed by atoms with Crippen LogP contribution in [0.4, 0.5) is 0 Å². The van der Waals surface area contributed by atoms with E-state index >= 15 is 0 Å². The van der Waals surface area contributed by atoms with E-state index in [9.17, 15) is 14.7 Å². The predicted molar refractivity (Wildman–Crippen MR) is 130 cm³/mol. The third kappa shape index (κ3) is 4.90. The number of carboxylic acid groups (broad SMARTS) is 1. The van der Waals surface area contributed by atoms with E-state index in [1.165, 1.54) is 25.3 Å². The number of hydrogen-bond acceptors (Lipinski definition) is 6. The van der Waals surface area contributed by atoms with Crippen LogP contribution < -0.4 is 5.32 Å². The number of benzene rings is 1. The van der Waals surface area contributed by atoms with Crippen LogP contribution in [0.1, 0.15) is 46.7 Å². The average molecular weight is 500 g/mol. The first-order valence-electron chi connectivity index (χ1n) is 10.6. The summed E-state index contributed by atoms with van der Waals surface area (Å²) in [5.74, 6) is -0.297. The number of aromatic carboxylic acids is 1. The number of methoxy groups -OCH3 is 1. The van der Waals surface area contributed by atoms with Crippen LogP contribution >= 0.6 is 23.8 Å². The van der Waals surface area contributed by atoms with Gasteiger partial charge >= 0.3 is 11.9 Å². The summed E-state index contributed by atoms with van der Waals surface area (Å²) in [6.07, 6.45) is 2.51. The van der Waals surface area contributed by atoms with Crippen molar-refractivity contribution >= 4 is 40.9 Å². The van der Waals surface area contributed by atoms with E-state index in [0.717, 1.165) is 5.69 Å². The normalized spacial score (nSPS) is 17.5. The second-order valence-electron chi connectivity index (χ2n) is 7.70. The lowest BCUT2D eigenvalue weighted by Crippen LogP contribution is -2.30. The highest BCUT2D eigenvalue weighted by Gasteiger charge is 2.41. The van der Waals surface area contributed by atoms with Crippen LogP contribution in [0.5, 0.6) is 0 Å². The van der Waals surface area contributed by atoms with Crippen LogP contribution in [0.25, 0.3) is 11.3 Å². The van der Waals surface area contributed by atoms with E-state index in [2.05, 4.69) is 10.3 Å². The number of carbonyl (C=O) groups is 2. The fourth-order valence-electron chi connectivity index (χ4n) is 3.95. The summed E-state index contributed by atoms with van der Waals surface area (Å²) in [6, 6.07) is 13.0. The van der Waals surface area contributed by atoms with E-state index in [-0.39, 0.29) is 30.0 Å². The van der Waals surface area contributed by atoms with Crippen LogP contribution in [0.15, 0.2) is 59.1 Å². The maximum absolute atomic E-state index is 11.6. The Morgan fingerprint density at radius 3 is 2.79 bits per heavy atom. The SMILES string of the molecule is COC(=O)CCCN1C(=S)N[C@H](c2ccccn2)[C@H]1c1ccc(-c2cc(C(=O)O)ccc2Cl)o1. The van der Waals surface area contributed by atoms with Gasteiger partial charge in [-0.1, -0.05) is 17.7 Å². The van der Waals surface area contributed by atoms with Gasteiger partial charge in [-0.05, 0) is 61.1 Å². The monoisotopic (exact) mass is 499 g/mol. The third-order valence-electron chi connectivity index (χ3n) is 5.60. The molecule has 0 unspecified atom stereocenters. The molecule has 1 fully saturated rings. The van der Waals surface area contributed by atoms with Crippen LogP contribution in [-0.4, -0.2) is 45.7 Å². The van der Waals surface area contributed by atoms with Gasteiger partial charge in [0, 0.05) is 24.7 Å². The van der Waals surface area contributed by atoms with E-state index < -0.39 is 5.97 Å². The van der Waals surface area contributed by atoms with Crippen LogP contribution in [0.3, 0.4) is 0 Å². The summed E-state index contributed by atoms with van der Waals surface area (Å²) in [7, 11) is 1.36. The zero-order chi connectivity index (χ0) is 24.2. The molecule has 0 saturated carbocycles. The topological polar surface area (TPSA) is 105 Å². The van der Waals surface area contributed by atoms with Crippen LogP contribution in [-0.2, 0) is 9.53 Å². The number of hydrogen-bond donors (Lipinski definition) is 2. The quantitative estimate of drug-likeness (QED) is 0.339. The van der Waals surface area contributed by atoms with Crippen molar-refractivity contribution in [2.75, 3.05) is 13.7 Å². The number of halogens is 1. The minimum Gasteiger partial charge on any atom is -0.478 e. The highest BCUT2D eigenvalue weighted by Crippen LogP contribution is 2.41. The highest BCUT2D eigenvalue weighted by molar-refractivity contribution is 7.80. The molecule has 1 aliphatic heterocycles. The molecule has 2 N–H and O–H groups in total. The zero-order valence-electron chi connectivity index (χ0n) is 18.2. The lowest BCUT2D eigenvalue weighted by atomic mass is 10.0. The zero-order valence-corrected chi connectivity index (χ0v) is 19.8. The van der Waals surface area contributed by atoms with Crippen molar-refractivity contribution in [3.8, 4) is 11.3 Å². The lowest BCUT2D eigenvalue weighted by Gasteiger charge is -2.25. The van der Waals surface area contributed by atoms with E-state index in [4.69, 9.17) is 33.0 Å². The first-order chi connectivity index (χ1) is 16.4. The number of rotatable bonds is 8. The van der Waals surface area contributed by atoms with Crippen LogP contribution in [0.2, 0.25) is 5.02 Å². The largest absolute Gasteiger partial charge is 0.478 e. The highest BCUT2D eigenvalue weighted by atomic mass is 35.5. The second kappa shape index (κ2) is 10.2. The number of carbonyl (C=O) groups excluding carboxylic acids is 1. The summed E-state index contributed by atoms with van der Waals surface area (Å²) in [5, 5.41) is 13.6. The number of aromatic nitrogens is 1. The molecule has 2 atom stereocenters. The van der Waals surface area contributed by atoms with Gasteiger partial charge in [0.05, 0.1) is 29.4 Å². The van der Waals surface area contributed by atoms with Gasteiger partial charge in [-0.25, -0.2) is 4.79 Å². The lowest BCUT2D eigenvalue weighted by molar-refractivity contribution is -0.140. The molecule has 0 aliphatic carbocycles. The van der Waals surface area contributed by atoms with Gasteiger partial charge in [-0.3, -0.25) is 9.78 Å². The Bertz CT molecular complexity index is 1220. The summed E-state index contributed by atoms with van der Waals surface area (Å²) >= 11 is 12.0. The number of nitrogens with one attached hydrogen (secondary N) is 1. The van der Waals surface area contributed by atoms with Gasteiger partial charge < -0.3 is 24.5 Å². The van der Waals surface area contributed by atoms with Crippen LogP contribution in [0, 0.1) is 0 Å². The Morgan fingerprint density at radius 2 is 2.09 bits per heavy atom. The number of ether oxygens (including phenoxy) is 1. The molecule has 0 amide bonds. The Kier molecular flexibility index (Phi) is 7.14. The summed E-state index contributed by atoms with van der Waals surface area (Å²) in [5.41, 5.74) is 1.37. The molecule has 1 saturated heterocycles. The predicted octanol–water partition coefficient (Wildman–Crippen LogP) is 4.62. The van der Waals surface area contributed by atoms with Gasteiger partial charge in [0.25, 0.3) is 0 Å². The number of esters is 1. The summed E-state index contributed by atoms with van der Waals surface area (Å²) < 4.78 is 11.0. The third-order valence-corrected chi connectivity index (χ3v) is 6.28. The maximum atomic E-state index is 11.6. The summed E-state index contributed by atoms with van der Waals surface area (Å²) in [6.45, 7) is 0.500. The first kappa shape index (κ1) is 23.7. The standard InChI is InChI=1S/C24H22ClN3O5S/c1-32-20(29)6-4-12-28-22(21(27-24(28)34)17-5-2-3-11-26-17)19-10-9-18(33-19)15-13-14(23(30)31)7-8-16(15)25/h2-3,5,7-11,13,21-22H,4,6,12H2,1H3,(H,27,34)(H,30,31)/t21-,22-/m1/s1. The van der Waals surface area contributed by atoms with Crippen molar-refractivity contribution in [1.29, 1.82) is 0 Å². The molecule has 3 aromatic rings. The average Bonchev–Trinajstić information content (AvgIpc) is 3.44. The minimum absolute atomic E-state index is 0.108. The number of thiocarbonyl (C=S) groups is 1. The molecule has 1 aromatic carbocycles. The van der Waals surface area contributed by atoms with Crippen molar-refractivity contribution in [2.24, 2.45) is 0 Å². The van der Waals surface area contributed by atoms with E-state index in [1.807, 2.05) is 29.2 Å². The van der Waals surface area contributed by atoms with E-state index in [1.54, 1.807) is 12.3 Å². The fraction of sp³-hybridized carbons (Fsp3) is 0.250. The molecule has 2 aromatic heterocycles. The smallest absolute Gasteiger partial charge is 0.335 e. The molecular weight excluding hydrogens is 478 g/mol.